The fraction of sp³-hybridized carbons (Fsp3) is 0.645. The van der Waals surface area contributed by atoms with Gasteiger partial charge < -0.3 is 24.2 Å². The van der Waals surface area contributed by atoms with Gasteiger partial charge in [-0.1, -0.05) is 44.9 Å². The van der Waals surface area contributed by atoms with E-state index in [-0.39, 0.29) is 42.6 Å². The number of allylic oxidation sites excluding steroid dienone is 2. The van der Waals surface area contributed by atoms with Crippen molar-refractivity contribution in [2.75, 3.05) is 46.7 Å². The predicted molar refractivity (Wildman–Crippen MR) is 152 cm³/mol. The molecule has 1 saturated heterocycles. The van der Waals surface area contributed by atoms with Gasteiger partial charge in [-0.25, -0.2) is 0 Å². The highest BCUT2D eigenvalue weighted by atomic mass is 16.7. The number of hydrogen-bond acceptors (Lipinski definition) is 6. The third kappa shape index (κ3) is 7.32. The Labute approximate surface area is 229 Å². The second kappa shape index (κ2) is 13.5. The molecule has 1 N–H and O–H groups in total. The summed E-state index contributed by atoms with van der Waals surface area (Å²) >= 11 is 0. The molecule has 0 aliphatic carbocycles. The molecule has 2 aliphatic rings. The van der Waals surface area contributed by atoms with Crippen LogP contribution in [0.5, 0.6) is 17.2 Å². The second-order valence-electron chi connectivity index (χ2n) is 11.6. The van der Waals surface area contributed by atoms with E-state index in [0.717, 1.165) is 37.9 Å². The summed E-state index contributed by atoms with van der Waals surface area (Å²) < 4.78 is 17.0. The summed E-state index contributed by atoms with van der Waals surface area (Å²) in [4.78, 5) is 17.9. The Morgan fingerprint density at radius 3 is 2.63 bits per heavy atom. The fourth-order valence-electron chi connectivity index (χ4n) is 6.11. The zero-order valence-corrected chi connectivity index (χ0v) is 24.3. The van der Waals surface area contributed by atoms with Crippen molar-refractivity contribution in [3.05, 3.63) is 42.0 Å². The van der Waals surface area contributed by atoms with Gasteiger partial charge in [-0.15, -0.1) is 6.58 Å². The maximum absolute atomic E-state index is 13.6. The van der Waals surface area contributed by atoms with Gasteiger partial charge in [0.2, 0.25) is 18.4 Å². The smallest absolute Gasteiger partial charge is 0.236 e. The molecule has 1 aromatic rings. The molecule has 2 heterocycles. The zero-order valence-electron chi connectivity index (χ0n) is 24.3. The number of hydrogen-bond donors (Lipinski definition) is 1. The number of unbranched alkanes of at least 4 members (excludes halogenated alkanes) is 1. The Morgan fingerprint density at radius 1 is 1.26 bits per heavy atom. The van der Waals surface area contributed by atoms with Crippen LogP contribution in [0, 0.1) is 11.3 Å². The van der Waals surface area contributed by atoms with Gasteiger partial charge in [0.05, 0.1) is 13.7 Å². The van der Waals surface area contributed by atoms with Crippen molar-refractivity contribution < 1.29 is 24.1 Å². The summed E-state index contributed by atoms with van der Waals surface area (Å²) in [6.45, 7) is 17.9. The molecular weight excluding hydrogens is 480 g/mol. The highest BCUT2D eigenvalue weighted by Crippen LogP contribution is 2.48. The van der Waals surface area contributed by atoms with Gasteiger partial charge in [-0.3, -0.25) is 9.69 Å². The summed E-state index contributed by atoms with van der Waals surface area (Å²) in [5.41, 5.74) is 2.36. The van der Waals surface area contributed by atoms with E-state index in [1.807, 2.05) is 11.0 Å². The van der Waals surface area contributed by atoms with Crippen LogP contribution in [-0.2, 0) is 4.79 Å². The molecular formula is C31H48N2O5. The Bertz CT molecular complexity index is 977. The predicted octanol–water partition coefficient (Wildman–Crippen LogP) is 5.39. The van der Waals surface area contributed by atoms with Crippen LogP contribution >= 0.6 is 0 Å². The Hall–Kier alpha value is -2.51. The highest BCUT2D eigenvalue weighted by molar-refractivity contribution is 5.78. The number of fused-ring (bicyclic) bond motifs is 1. The molecule has 2 aliphatic heterocycles. The Morgan fingerprint density at radius 2 is 2.00 bits per heavy atom. The van der Waals surface area contributed by atoms with Crippen LogP contribution in [0.15, 0.2) is 36.4 Å². The van der Waals surface area contributed by atoms with Gasteiger partial charge in [-0.2, -0.15) is 0 Å². The Balaban J connectivity index is 1.94. The van der Waals surface area contributed by atoms with Crippen LogP contribution in [0.3, 0.4) is 0 Å². The number of ether oxygens (including phenoxy) is 3. The first kappa shape index (κ1) is 30.0. The third-order valence-electron chi connectivity index (χ3n) is 7.66. The molecule has 1 fully saturated rings. The summed E-state index contributed by atoms with van der Waals surface area (Å²) in [5.74, 6) is 2.44. The van der Waals surface area contributed by atoms with E-state index < -0.39 is 0 Å². The number of likely N-dealkylation sites (tertiary alicyclic amines) is 1. The number of carbonyl (C=O) groups excluding carboxylic acids is 1. The molecule has 0 radical (unpaired) electrons. The number of methoxy groups -OCH3 is 1. The number of aliphatic hydroxyl groups is 1. The van der Waals surface area contributed by atoms with Gasteiger partial charge >= 0.3 is 0 Å². The average Bonchev–Trinajstić information content (AvgIpc) is 3.47. The molecule has 7 nitrogen and oxygen atoms in total. The monoisotopic (exact) mass is 528 g/mol. The van der Waals surface area contributed by atoms with Gasteiger partial charge in [0.15, 0.2) is 11.5 Å². The maximum Gasteiger partial charge on any atom is 0.236 e. The van der Waals surface area contributed by atoms with Crippen molar-refractivity contribution in [1.29, 1.82) is 0 Å². The Kier molecular flexibility index (Phi) is 10.7. The number of amides is 1. The zero-order chi connectivity index (χ0) is 27.9. The molecule has 0 unspecified atom stereocenters. The molecule has 0 saturated carbocycles. The molecule has 212 valence electrons. The van der Waals surface area contributed by atoms with Gasteiger partial charge in [0.1, 0.15) is 0 Å². The number of aliphatic hydroxyl groups excluding tert-OH is 1. The molecule has 3 atom stereocenters. The number of nitrogens with zero attached hydrogens (tertiary/aromatic N) is 2. The summed E-state index contributed by atoms with van der Waals surface area (Å²) in [5, 5.41) is 9.39. The van der Waals surface area contributed by atoms with Crippen LogP contribution in [0.2, 0.25) is 0 Å². The van der Waals surface area contributed by atoms with E-state index in [1.165, 1.54) is 5.57 Å². The van der Waals surface area contributed by atoms with Crippen molar-refractivity contribution in [2.45, 2.75) is 72.3 Å². The van der Waals surface area contributed by atoms with Crippen molar-refractivity contribution in [3.8, 4) is 17.2 Å². The number of benzene rings is 1. The molecule has 0 aromatic heterocycles. The van der Waals surface area contributed by atoms with Crippen LogP contribution in [0.25, 0.3) is 0 Å². The lowest BCUT2D eigenvalue weighted by Crippen LogP contribution is -2.45. The van der Waals surface area contributed by atoms with Gasteiger partial charge in [-0.05, 0) is 56.2 Å². The van der Waals surface area contributed by atoms with E-state index in [9.17, 15) is 9.90 Å². The van der Waals surface area contributed by atoms with Crippen molar-refractivity contribution in [1.82, 2.24) is 9.80 Å². The van der Waals surface area contributed by atoms with Gasteiger partial charge in [0, 0.05) is 44.1 Å². The molecule has 1 amide bonds. The van der Waals surface area contributed by atoms with E-state index in [4.69, 9.17) is 14.2 Å². The van der Waals surface area contributed by atoms with E-state index in [0.29, 0.717) is 36.8 Å². The lowest BCUT2D eigenvalue weighted by Gasteiger charge is -2.34. The highest BCUT2D eigenvalue weighted by Gasteiger charge is 2.44. The third-order valence-corrected chi connectivity index (χ3v) is 7.66. The minimum Gasteiger partial charge on any atom is -0.493 e. The minimum atomic E-state index is -0.0354. The summed E-state index contributed by atoms with van der Waals surface area (Å²) in [6, 6.07) is 4.26. The SMILES string of the molecule is C=C[C@@H]1[C@@H](c2cc(OC)c3c(c2)OCO3)CN(CC(=O)N(CCCC)CCCO)[C@H]1CC(C)(C)C=C(C)C. The topological polar surface area (TPSA) is 71.5 Å². The summed E-state index contributed by atoms with van der Waals surface area (Å²) in [7, 11) is 1.65. The number of carbonyl (C=O) groups is 1. The van der Waals surface area contributed by atoms with E-state index >= 15 is 0 Å². The minimum absolute atomic E-state index is 0.0354. The van der Waals surface area contributed by atoms with Crippen molar-refractivity contribution >= 4 is 5.91 Å². The standard InChI is InChI=1S/C31H48N2O5/c1-8-10-12-32(13-11-14-34)29(35)20-33-19-25(23-15-27(36-7)30-28(16-23)37-21-38-30)24(9-2)26(33)18-31(5,6)17-22(3)4/h9,15-17,24-26,34H,2,8,10-14,18-21H2,1,3-7H3/t24-,25-,26+/m1/s1. The average molecular weight is 529 g/mol. The number of rotatable bonds is 14. The van der Waals surface area contributed by atoms with Crippen LogP contribution in [0.1, 0.15) is 71.8 Å². The lowest BCUT2D eigenvalue weighted by atomic mass is 9.77. The lowest BCUT2D eigenvalue weighted by molar-refractivity contribution is -0.133. The largest absolute Gasteiger partial charge is 0.493 e. The van der Waals surface area contributed by atoms with Crippen molar-refractivity contribution in [2.24, 2.45) is 11.3 Å². The molecule has 0 bridgehead atoms. The van der Waals surface area contributed by atoms with Crippen molar-refractivity contribution in [3.63, 3.8) is 0 Å². The molecule has 38 heavy (non-hydrogen) atoms. The first-order valence-corrected chi connectivity index (χ1v) is 14.0. The van der Waals surface area contributed by atoms with Crippen LogP contribution in [0.4, 0.5) is 0 Å². The fourth-order valence-corrected chi connectivity index (χ4v) is 6.11. The normalized spacial score (nSPS) is 20.9. The molecule has 0 spiro atoms. The molecule has 3 rings (SSSR count). The second-order valence-corrected chi connectivity index (χ2v) is 11.6. The first-order chi connectivity index (χ1) is 18.1. The maximum atomic E-state index is 13.6. The van der Waals surface area contributed by atoms with E-state index in [2.05, 4.69) is 64.3 Å². The van der Waals surface area contributed by atoms with Gasteiger partial charge in [0.25, 0.3) is 0 Å². The van der Waals surface area contributed by atoms with E-state index in [1.54, 1.807) is 7.11 Å². The van der Waals surface area contributed by atoms with Crippen LogP contribution in [-0.4, -0.2) is 73.5 Å². The molecule has 1 aromatic carbocycles. The molecule has 7 heteroatoms. The van der Waals surface area contributed by atoms with Crippen LogP contribution < -0.4 is 14.2 Å². The first-order valence-electron chi connectivity index (χ1n) is 14.0. The quantitative estimate of drug-likeness (QED) is 0.327. The summed E-state index contributed by atoms with van der Waals surface area (Å²) in [6.07, 6.45) is 7.89.